The lowest BCUT2D eigenvalue weighted by molar-refractivity contribution is -0.135. The van der Waals surface area contributed by atoms with Gasteiger partial charge in [-0.3, -0.25) is 19.2 Å². The molecule has 0 spiro atoms. The van der Waals surface area contributed by atoms with E-state index in [1.54, 1.807) is 42.5 Å². The fraction of sp³-hybridized carbons (Fsp3) is 0.456. The minimum atomic E-state index is -0.588. The van der Waals surface area contributed by atoms with E-state index >= 15 is 0 Å². The van der Waals surface area contributed by atoms with Crippen LogP contribution in [-0.2, 0) is 20.4 Å². The third kappa shape index (κ3) is 16.5. The highest BCUT2D eigenvalue weighted by atomic mass is 35.5. The van der Waals surface area contributed by atoms with Crippen LogP contribution in [0.15, 0.2) is 88.7 Å². The van der Waals surface area contributed by atoms with Crippen molar-refractivity contribution >= 4 is 81.8 Å². The number of esters is 1. The van der Waals surface area contributed by atoms with Gasteiger partial charge in [0.25, 0.3) is 17.7 Å². The zero-order valence-corrected chi connectivity index (χ0v) is 46.3. The largest absolute Gasteiger partial charge is 0.483 e. The Hall–Kier alpha value is -5.01. The van der Waals surface area contributed by atoms with Crippen LogP contribution in [0, 0.1) is 0 Å². The molecule has 15 heteroatoms. The first-order valence-corrected chi connectivity index (χ1v) is 27.4. The Kier molecular flexibility index (Phi) is 22.4. The van der Waals surface area contributed by atoms with Gasteiger partial charge in [-0.15, -0.1) is 5.10 Å². The summed E-state index contributed by atoms with van der Waals surface area (Å²) in [7, 11) is 0. The maximum atomic E-state index is 14.3. The Morgan fingerprint density at radius 2 is 1.31 bits per heavy atom. The van der Waals surface area contributed by atoms with Crippen LogP contribution in [0.1, 0.15) is 177 Å². The number of carbonyl (C=O) groups excluding carboxylic acids is 4. The van der Waals surface area contributed by atoms with Gasteiger partial charge in [0.2, 0.25) is 5.88 Å². The summed E-state index contributed by atoms with van der Waals surface area (Å²) >= 11 is 20.9. The van der Waals surface area contributed by atoms with E-state index in [1.165, 1.54) is 73.4 Å². The van der Waals surface area contributed by atoms with E-state index in [0.29, 0.717) is 34.9 Å². The Bertz CT molecular complexity index is 2630. The first-order valence-electron chi connectivity index (χ1n) is 25.4. The number of nitrogens with one attached hydrogen (secondary N) is 3. The van der Waals surface area contributed by atoms with Gasteiger partial charge in [0.15, 0.2) is 12.4 Å². The number of carbonyl (C=O) groups is 4. The summed E-state index contributed by atoms with van der Waals surface area (Å²) in [5.41, 5.74) is 3.16. The van der Waals surface area contributed by atoms with Crippen molar-refractivity contribution in [1.29, 1.82) is 0 Å². The van der Waals surface area contributed by atoms with Gasteiger partial charge >= 0.3 is 5.97 Å². The van der Waals surface area contributed by atoms with Crippen LogP contribution in [0.25, 0.3) is 5.69 Å². The number of ether oxygens (including phenoxy) is 2. The number of nitrogens with zero attached hydrogens (tertiary/aromatic N) is 2. The van der Waals surface area contributed by atoms with E-state index in [9.17, 15) is 19.2 Å². The van der Waals surface area contributed by atoms with Crippen molar-refractivity contribution in [3.63, 3.8) is 0 Å². The highest BCUT2D eigenvalue weighted by molar-refractivity contribution is 7.99. The predicted octanol–water partition coefficient (Wildman–Crippen LogP) is 16.0. The summed E-state index contributed by atoms with van der Waals surface area (Å²) in [5.74, 6) is -1.20. The lowest BCUT2D eigenvalue weighted by Crippen LogP contribution is -2.24. The number of aromatic nitrogens is 2. The fourth-order valence-electron chi connectivity index (χ4n) is 7.90. The maximum Gasteiger partial charge on any atom is 0.312 e. The molecule has 1 aromatic heterocycles. The van der Waals surface area contributed by atoms with Gasteiger partial charge in [0.05, 0.1) is 10.0 Å². The van der Waals surface area contributed by atoms with Gasteiger partial charge < -0.3 is 25.4 Å². The number of hydrogen-bond acceptors (Lipinski definition) is 8. The smallest absolute Gasteiger partial charge is 0.312 e. The van der Waals surface area contributed by atoms with Crippen molar-refractivity contribution in [3.8, 4) is 17.3 Å². The zero-order chi connectivity index (χ0) is 52.4. The van der Waals surface area contributed by atoms with Crippen LogP contribution in [0.2, 0.25) is 15.1 Å². The normalized spacial score (nSPS) is 11.6. The zero-order valence-electron chi connectivity index (χ0n) is 43.2. The Balaban J connectivity index is 1.38. The highest BCUT2D eigenvalue weighted by Crippen LogP contribution is 2.45. The molecule has 0 unspecified atom stereocenters. The van der Waals surface area contributed by atoms with E-state index in [4.69, 9.17) is 49.4 Å². The molecular formula is C57H72Cl3N5O6S. The SMILES string of the molecule is CCCCCCCCCCCCNC(=O)c1cccc(Sc2c(NC(=O)c3cccc(NC(=O)COc4ccc(C(C)(C)CC)cc4C(C)(C)CC)c3)nn(-c3c(Cl)cc(Cl)cc3Cl)c2OC(=O)CCC)c1. The molecule has 0 aliphatic rings. The Morgan fingerprint density at radius 1 is 0.681 bits per heavy atom. The van der Waals surface area contributed by atoms with Crippen molar-refractivity contribution in [2.24, 2.45) is 0 Å². The first kappa shape index (κ1) is 57.9. The maximum absolute atomic E-state index is 14.3. The van der Waals surface area contributed by atoms with E-state index in [2.05, 4.69) is 76.5 Å². The quantitative estimate of drug-likeness (QED) is 0.0332. The third-order valence-corrected chi connectivity index (χ3v) is 14.9. The van der Waals surface area contributed by atoms with E-state index in [1.807, 2.05) is 13.0 Å². The van der Waals surface area contributed by atoms with Crippen LogP contribution >= 0.6 is 46.6 Å². The lowest BCUT2D eigenvalue weighted by Gasteiger charge is -2.30. The molecule has 3 amide bonds. The molecule has 72 heavy (non-hydrogen) atoms. The van der Waals surface area contributed by atoms with Crippen molar-refractivity contribution < 1.29 is 28.7 Å². The Morgan fingerprint density at radius 3 is 1.94 bits per heavy atom. The Labute approximate surface area is 446 Å². The molecule has 11 nitrogen and oxygen atoms in total. The second kappa shape index (κ2) is 27.9. The standard InChI is InChI=1S/C57H72Cl3N5O6S/c1-9-13-14-15-16-17-18-19-20-21-31-61-53(68)39-26-23-28-43(33-39)72-51-52(64-65(55(51)71-49(67)24-10-2)50-45(59)35-41(58)36-46(50)60)63-54(69)38-25-22-27-42(32-38)62-48(66)37-70-47-30-29-40(56(5,6)11-3)34-44(47)57(7,8)12-4/h22-23,25-30,32-36H,9-21,24,31,37H2,1-8H3,(H,61,68)(H,62,66)(H,63,64,69). The molecule has 0 atom stereocenters. The summed E-state index contributed by atoms with van der Waals surface area (Å²) in [6, 6.07) is 22.6. The number of rotatable bonds is 28. The number of amides is 3. The molecule has 1 heterocycles. The van der Waals surface area contributed by atoms with Crippen LogP contribution in [-0.4, -0.2) is 46.6 Å². The molecule has 0 aliphatic heterocycles. The molecule has 388 valence electrons. The van der Waals surface area contributed by atoms with Crippen LogP contribution in [0.3, 0.4) is 0 Å². The monoisotopic (exact) mass is 1060 g/mol. The molecule has 0 radical (unpaired) electrons. The average molecular weight is 1060 g/mol. The molecule has 4 aromatic carbocycles. The highest BCUT2D eigenvalue weighted by Gasteiger charge is 2.30. The molecule has 3 N–H and O–H groups in total. The minimum Gasteiger partial charge on any atom is -0.483 e. The van der Waals surface area contributed by atoms with Crippen LogP contribution < -0.4 is 25.4 Å². The molecule has 5 rings (SSSR count). The molecule has 0 bridgehead atoms. The number of benzene rings is 4. The summed E-state index contributed by atoms with van der Waals surface area (Å²) < 4.78 is 13.5. The molecule has 5 aromatic rings. The third-order valence-electron chi connectivity index (χ3n) is 13.0. The fourth-order valence-corrected chi connectivity index (χ4v) is 9.85. The van der Waals surface area contributed by atoms with Gasteiger partial charge in [-0.05, 0) is 96.7 Å². The van der Waals surface area contributed by atoms with Gasteiger partial charge in [-0.25, -0.2) is 0 Å². The summed E-state index contributed by atoms with van der Waals surface area (Å²) in [5, 5.41) is 14.0. The van der Waals surface area contributed by atoms with Crippen molar-refractivity contribution in [2.45, 2.75) is 166 Å². The molecule has 0 saturated carbocycles. The molecule has 0 saturated heterocycles. The van der Waals surface area contributed by atoms with E-state index in [-0.39, 0.29) is 72.7 Å². The van der Waals surface area contributed by atoms with Crippen LogP contribution in [0.5, 0.6) is 11.6 Å². The van der Waals surface area contributed by atoms with Crippen molar-refractivity contribution in [3.05, 3.63) is 116 Å². The average Bonchev–Trinajstić information content (AvgIpc) is 3.65. The second-order valence-corrected chi connectivity index (χ2v) is 21.8. The molecular weight excluding hydrogens is 989 g/mol. The number of unbranched alkanes of at least 4 members (excludes halogenated alkanes) is 9. The second-order valence-electron chi connectivity index (χ2n) is 19.5. The van der Waals surface area contributed by atoms with Crippen molar-refractivity contribution in [1.82, 2.24) is 15.1 Å². The summed E-state index contributed by atoms with van der Waals surface area (Å²) in [6.07, 6.45) is 14.4. The van der Waals surface area contributed by atoms with Crippen LogP contribution in [0.4, 0.5) is 11.5 Å². The van der Waals surface area contributed by atoms with Gasteiger partial charge in [-0.2, -0.15) is 4.68 Å². The van der Waals surface area contributed by atoms with Gasteiger partial charge in [-0.1, -0.05) is 184 Å². The molecule has 0 aliphatic carbocycles. The first-order chi connectivity index (χ1) is 34.4. The summed E-state index contributed by atoms with van der Waals surface area (Å²) in [4.78, 5) is 55.2. The predicted molar refractivity (Wildman–Crippen MR) is 295 cm³/mol. The van der Waals surface area contributed by atoms with E-state index < -0.39 is 17.8 Å². The number of halogens is 3. The van der Waals surface area contributed by atoms with Crippen molar-refractivity contribution in [2.75, 3.05) is 23.8 Å². The van der Waals surface area contributed by atoms with E-state index in [0.717, 1.165) is 49.4 Å². The lowest BCUT2D eigenvalue weighted by atomic mass is 9.76. The topological polar surface area (TPSA) is 141 Å². The molecule has 0 fully saturated rings. The minimum absolute atomic E-state index is 0.00387. The van der Waals surface area contributed by atoms with Gasteiger partial charge in [0, 0.05) is 45.3 Å². The summed E-state index contributed by atoms with van der Waals surface area (Å²) in [6.45, 7) is 17.5. The number of hydrogen-bond donors (Lipinski definition) is 3. The number of anilines is 2. The van der Waals surface area contributed by atoms with Gasteiger partial charge in [0.1, 0.15) is 16.3 Å².